The molecule has 100 valence electrons. The third kappa shape index (κ3) is 2.76. The first-order valence-electron chi connectivity index (χ1n) is 4.93. The van der Waals surface area contributed by atoms with Crippen LogP contribution in [0, 0.1) is 6.92 Å². The standard InChI is InChI=1S/C11H11ClF3NO2/c1-6-4-3-5-7(12)8(6)16-9(17)10(2,18)11(13,14)15/h3-5,18H,1-2H3,(H,16,17)/t10-/m1/s1. The summed E-state index contributed by atoms with van der Waals surface area (Å²) in [5, 5.41) is 11.3. The van der Waals surface area contributed by atoms with Gasteiger partial charge in [0.2, 0.25) is 5.60 Å². The zero-order chi connectivity index (χ0) is 14.1. The van der Waals surface area contributed by atoms with Crippen molar-refractivity contribution in [2.75, 3.05) is 5.32 Å². The van der Waals surface area contributed by atoms with Crippen molar-refractivity contribution in [2.45, 2.75) is 25.6 Å². The number of carbonyl (C=O) groups is 1. The van der Waals surface area contributed by atoms with Crippen molar-refractivity contribution < 1.29 is 23.1 Å². The number of aliphatic hydroxyl groups is 1. The van der Waals surface area contributed by atoms with E-state index < -0.39 is 17.7 Å². The van der Waals surface area contributed by atoms with E-state index >= 15 is 0 Å². The molecule has 7 heteroatoms. The summed E-state index contributed by atoms with van der Waals surface area (Å²) in [6.45, 7) is 1.96. The molecule has 0 aliphatic heterocycles. The predicted octanol–water partition coefficient (Wildman–Crippen LogP) is 2.90. The molecular weight excluding hydrogens is 271 g/mol. The van der Waals surface area contributed by atoms with Crippen molar-refractivity contribution in [1.82, 2.24) is 0 Å². The summed E-state index contributed by atoms with van der Waals surface area (Å²) in [5.74, 6) is -1.58. The molecule has 1 aromatic rings. The molecule has 0 bridgehead atoms. The number of anilines is 1. The third-order valence-electron chi connectivity index (χ3n) is 2.45. The highest BCUT2D eigenvalue weighted by Crippen LogP contribution is 2.32. The number of halogens is 4. The SMILES string of the molecule is Cc1cccc(Cl)c1NC(=O)[C@@](C)(O)C(F)(F)F. The Labute approximate surface area is 107 Å². The lowest BCUT2D eigenvalue weighted by atomic mass is 10.1. The average molecular weight is 282 g/mol. The summed E-state index contributed by atoms with van der Waals surface area (Å²) < 4.78 is 37.3. The van der Waals surface area contributed by atoms with Crippen molar-refractivity contribution >= 4 is 23.2 Å². The molecule has 0 spiro atoms. The van der Waals surface area contributed by atoms with Gasteiger partial charge >= 0.3 is 6.18 Å². The van der Waals surface area contributed by atoms with E-state index in [2.05, 4.69) is 0 Å². The quantitative estimate of drug-likeness (QED) is 0.876. The Kier molecular flexibility index (Phi) is 3.92. The van der Waals surface area contributed by atoms with Crippen LogP contribution in [0.3, 0.4) is 0 Å². The molecule has 1 amide bonds. The maximum absolute atomic E-state index is 12.4. The largest absolute Gasteiger partial charge is 0.426 e. The molecule has 0 aliphatic rings. The molecule has 0 aliphatic carbocycles. The third-order valence-corrected chi connectivity index (χ3v) is 2.77. The number of benzene rings is 1. The Balaban J connectivity index is 3.03. The van der Waals surface area contributed by atoms with Crippen LogP contribution in [0.2, 0.25) is 5.02 Å². The van der Waals surface area contributed by atoms with Gasteiger partial charge in [-0.25, -0.2) is 0 Å². The zero-order valence-electron chi connectivity index (χ0n) is 9.60. The average Bonchev–Trinajstić information content (AvgIpc) is 2.21. The molecule has 0 radical (unpaired) electrons. The van der Waals surface area contributed by atoms with Gasteiger partial charge < -0.3 is 10.4 Å². The van der Waals surface area contributed by atoms with Gasteiger partial charge in [-0.05, 0) is 25.5 Å². The fraction of sp³-hybridized carbons (Fsp3) is 0.364. The van der Waals surface area contributed by atoms with Crippen LogP contribution >= 0.6 is 11.6 Å². The van der Waals surface area contributed by atoms with E-state index in [0.29, 0.717) is 12.5 Å². The Morgan fingerprint density at radius 2 is 1.94 bits per heavy atom. The van der Waals surface area contributed by atoms with E-state index in [4.69, 9.17) is 11.6 Å². The van der Waals surface area contributed by atoms with E-state index in [1.54, 1.807) is 19.1 Å². The van der Waals surface area contributed by atoms with E-state index in [1.165, 1.54) is 6.07 Å². The van der Waals surface area contributed by atoms with E-state index in [-0.39, 0.29) is 10.7 Å². The molecule has 18 heavy (non-hydrogen) atoms. The molecular formula is C11H11ClF3NO2. The Morgan fingerprint density at radius 1 is 1.39 bits per heavy atom. The second-order valence-corrected chi connectivity index (χ2v) is 4.36. The lowest BCUT2D eigenvalue weighted by Crippen LogP contribution is -2.52. The topological polar surface area (TPSA) is 49.3 Å². The van der Waals surface area contributed by atoms with Gasteiger partial charge in [-0.2, -0.15) is 13.2 Å². The number of rotatable bonds is 2. The zero-order valence-corrected chi connectivity index (χ0v) is 10.4. The van der Waals surface area contributed by atoms with Gasteiger partial charge in [-0.15, -0.1) is 0 Å². The molecule has 0 unspecified atom stereocenters. The highest BCUT2D eigenvalue weighted by Gasteiger charge is 2.55. The van der Waals surface area contributed by atoms with Crippen LogP contribution in [0.4, 0.5) is 18.9 Å². The van der Waals surface area contributed by atoms with E-state index in [0.717, 1.165) is 0 Å². The number of nitrogens with one attached hydrogen (secondary N) is 1. The maximum Gasteiger partial charge on any atom is 0.426 e. The van der Waals surface area contributed by atoms with Gasteiger partial charge in [0, 0.05) is 0 Å². The number of aryl methyl sites for hydroxylation is 1. The van der Waals surface area contributed by atoms with Crippen molar-refractivity contribution in [1.29, 1.82) is 0 Å². The Hall–Kier alpha value is -1.27. The Bertz CT molecular complexity index is 452. The summed E-state index contributed by atoms with van der Waals surface area (Å²) in [5.41, 5.74) is -2.93. The van der Waals surface area contributed by atoms with Crippen LogP contribution in [-0.4, -0.2) is 22.8 Å². The van der Waals surface area contributed by atoms with E-state index in [1.807, 2.05) is 5.32 Å². The fourth-order valence-corrected chi connectivity index (χ4v) is 1.42. The minimum atomic E-state index is -5.06. The molecule has 1 rings (SSSR count). The first-order valence-corrected chi connectivity index (χ1v) is 5.31. The highest BCUT2D eigenvalue weighted by atomic mass is 35.5. The first-order chi connectivity index (χ1) is 8.07. The molecule has 0 fully saturated rings. The van der Waals surface area contributed by atoms with Gasteiger partial charge in [-0.1, -0.05) is 23.7 Å². The van der Waals surface area contributed by atoms with E-state index in [9.17, 15) is 23.1 Å². The van der Waals surface area contributed by atoms with Gasteiger partial charge in [0.15, 0.2) is 0 Å². The molecule has 1 atom stereocenters. The van der Waals surface area contributed by atoms with Crippen molar-refractivity contribution in [3.05, 3.63) is 28.8 Å². The summed E-state index contributed by atoms with van der Waals surface area (Å²) >= 11 is 5.76. The normalized spacial score (nSPS) is 15.1. The van der Waals surface area contributed by atoms with Crippen molar-refractivity contribution in [3.63, 3.8) is 0 Å². The number of para-hydroxylation sites is 1. The van der Waals surface area contributed by atoms with Gasteiger partial charge in [0.1, 0.15) is 0 Å². The predicted molar refractivity (Wildman–Crippen MR) is 61.5 cm³/mol. The molecule has 0 saturated heterocycles. The van der Waals surface area contributed by atoms with Crippen LogP contribution in [0.5, 0.6) is 0 Å². The number of amides is 1. The Morgan fingerprint density at radius 3 is 2.39 bits per heavy atom. The van der Waals surface area contributed by atoms with Crippen LogP contribution in [-0.2, 0) is 4.79 Å². The van der Waals surface area contributed by atoms with Crippen LogP contribution in [0.25, 0.3) is 0 Å². The number of alkyl halides is 3. The monoisotopic (exact) mass is 281 g/mol. The minimum absolute atomic E-state index is 0.0497. The molecule has 3 nitrogen and oxygen atoms in total. The van der Waals surface area contributed by atoms with Crippen LogP contribution in [0.15, 0.2) is 18.2 Å². The summed E-state index contributed by atoms with van der Waals surface area (Å²) in [4.78, 5) is 11.4. The van der Waals surface area contributed by atoms with Crippen molar-refractivity contribution in [2.24, 2.45) is 0 Å². The second-order valence-electron chi connectivity index (χ2n) is 3.96. The minimum Gasteiger partial charge on any atom is -0.373 e. The van der Waals surface area contributed by atoms with Gasteiger partial charge in [-0.3, -0.25) is 4.79 Å². The lowest BCUT2D eigenvalue weighted by molar-refractivity contribution is -0.242. The molecule has 0 saturated carbocycles. The van der Waals surface area contributed by atoms with Crippen molar-refractivity contribution in [3.8, 4) is 0 Å². The smallest absolute Gasteiger partial charge is 0.373 e. The summed E-state index contributed by atoms with van der Waals surface area (Å²) in [6, 6.07) is 4.59. The molecule has 0 aromatic heterocycles. The number of carbonyl (C=O) groups excluding carboxylic acids is 1. The summed E-state index contributed by atoms with van der Waals surface area (Å²) in [6.07, 6.45) is -5.06. The highest BCUT2D eigenvalue weighted by molar-refractivity contribution is 6.34. The number of hydrogen-bond acceptors (Lipinski definition) is 2. The van der Waals surface area contributed by atoms with Gasteiger partial charge in [0.25, 0.3) is 5.91 Å². The fourth-order valence-electron chi connectivity index (χ4n) is 1.15. The molecule has 0 heterocycles. The maximum atomic E-state index is 12.4. The summed E-state index contributed by atoms with van der Waals surface area (Å²) in [7, 11) is 0. The second kappa shape index (κ2) is 4.78. The number of hydrogen-bond donors (Lipinski definition) is 2. The lowest BCUT2D eigenvalue weighted by Gasteiger charge is -2.25. The molecule has 1 aromatic carbocycles. The molecule has 2 N–H and O–H groups in total. The first kappa shape index (κ1) is 14.8. The van der Waals surface area contributed by atoms with Gasteiger partial charge in [0.05, 0.1) is 10.7 Å². The van der Waals surface area contributed by atoms with Crippen LogP contribution in [0.1, 0.15) is 12.5 Å². The van der Waals surface area contributed by atoms with Crippen LogP contribution < -0.4 is 5.32 Å².